The van der Waals surface area contributed by atoms with Crippen LogP contribution in [-0.2, 0) is 4.74 Å². The predicted molar refractivity (Wildman–Crippen MR) is 73.2 cm³/mol. The van der Waals surface area contributed by atoms with E-state index >= 15 is 0 Å². The molecule has 1 heterocycles. The van der Waals surface area contributed by atoms with Crippen LogP contribution in [0.5, 0.6) is 0 Å². The van der Waals surface area contributed by atoms with Crippen LogP contribution in [0.2, 0.25) is 0 Å². The Bertz CT molecular complexity index is 456. The van der Waals surface area contributed by atoms with Gasteiger partial charge in [-0.15, -0.1) is 0 Å². The van der Waals surface area contributed by atoms with Gasteiger partial charge in [0.2, 0.25) is 0 Å². The molecule has 1 aromatic rings. The van der Waals surface area contributed by atoms with E-state index in [9.17, 15) is 14.3 Å². The van der Waals surface area contributed by atoms with E-state index in [1.54, 1.807) is 0 Å². The number of carbonyl (C=O) groups excluding carboxylic acids is 1. The molecule has 6 nitrogen and oxygen atoms in total. The summed E-state index contributed by atoms with van der Waals surface area (Å²) in [6.07, 6.45) is 0.556. The van der Waals surface area contributed by atoms with Gasteiger partial charge in [0.1, 0.15) is 0 Å². The van der Waals surface area contributed by atoms with Crippen LogP contribution < -0.4 is 5.32 Å². The molecule has 2 N–H and O–H groups in total. The standard InChI is InChI=1S/C13H20FN3O3/c1-4-15-12-11(14)10(5-6-16-12)13(19)17(2)7-9(18)8-20-3/h5-6,9,18H,4,7-8H2,1-3H3,(H,15,16). The van der Waals surface area contributed by atoms with Crippen molar-refractivity contribution in [1.29, 1.82) is 0 Å². The summed E-state index contributed by atoms with van der Waals surface area (Å²) in [6.45, 7) is 2.48. The highest BCUT2D eigenvalue weighted by atomic mass is 19.1. The summed E-state index contributed by atoms with van der Waals surface area (Å²) in [6, 6.07) is 1.32. The molecule has 0 aromatic carbocycles. The molecular weight excluding hydrogens is 265 g/mol. The molecule has 1 unspecified atom stereocenters. The number of aliphatic hydroxyl groups excluding tert-OH is 1. The van der Waals surface area contributed by atoms with Crippen LogP contribution in [0.1, 0.15) is 17.3 Å². The van der Waals surface area contributed by atoms with E-state index in [2.05, 4.69) is 10.3 Å². The number of methoxy groups -OCH3 is 1. The minimum Gasteiger partial charge on any atom is -0.389 e. The Morgan fingerprint density at radius 2 is 2.35 bits per heavy atom. The van der Waals surface area contributed by atoms with E-state index in [0.717, 1.165) is 0 Å². The van der Waals surface area contributed by atoms with Crippen molar-refractivity contribution in [1.82, 2.24) is 9.88 Å². The van der Waals surface area contributed by atoms with Crippen molar-refractivity contribution < 1.29 is 19.0 Å². The Hall–Kier alpha value is -1.73. The van der Waals surface area contributed by atoms with Crippen molar-refractivity contribution in [2.24, 2.45) is 0 Å². The van der Waals surface area contributed by atoms with Gasteiger partial charge < -0.3 is 20.1 Å². The number of carbonyl (C=O) groups is 1. The second-order valence-electron chi connectivity index (χ2n) is 4.35. The van der Waals surface area contributed by atoms with Gasteiger partial charge in [0.25, 0.3) is 5.91 Å². The zero-order valence-electron chi connectivity index (χ0n) is 11.9. The molecule has 1 aromatic heterocycles. The SMILES string of the molecule is CCNc1nccc(C(=O)N(C)CC(O)COC)c1F. The fourth-order valence-electron chi connectivity index (χ4n) is 1.75. The number of aromatic nitrogens is 1. The molecule has 7 heteroatoms. The average Bonchev–Trinajstić information content (AvgIpc) is 2.41. The number of pyridine rings is 1. The number of halogens is 1. The lowest BCUT2D eigenvalue weighted by Gasteiger charge is -2.21. The first kappa shape index (κ1) is 16.3. The van der Waals surface area contributed by atoms with Gasteiger partial charge in [0.15, 0.2) is 11.6 Å². The molecule has 112 valence electrons. The van der Waals surface area contributed by atoms with Crippen LogP contribution in [0.4, 0.5) is 10.2 Å². The fourth-order valence-corrected chi connectivity index (χ4v) is 1.75. The number of nitrogens with zero attached hydrogens (tertiary/aromatic N) is 2. The predicted octanol–water partition coefficient (Wildman–Crippen LogP) is 0.732. The molecule has 0 aliphatic carbocycles. The highest BCUT2D eigenvalue weighted by Crippen LogP contribution is 2.16. The van der Waals surface area contributed by atoms with Crippen LogP contribution in [-0.4, -0.2) is 60.9 Å². The third-order valence-electron chi connectivity index (χ3n) is 2.65. The zero-order chi connectivity index (χ0) is 15.1. The third-order valence-corrected chi connectivity index (χ3v) is 2.65. The van der Waals surface area contributed by atoms with E-state index in [1.807, 2.05) is 6.92 Å². The summed E-state index contributed by atoms with van der Waals surface area (Å²) in [7, 11) is 2.95. The second-order valence-corrected chi connectivity index (χ2v) is 4.35. The maximum atomic E-state index is 14.1. The summed E-state index contributed by atoms with van der Waals surface area (Å²) >= 11 is 0. The van der Waals surface area contributed by atoms with Gasteiger partial charge in [-0.05, 0) is 13.0 Å². The van der Waals surface area contributed by atoms with Gasteiger partial charge in [0, 0.05) is 33.4 Å². The number of ether oxygens (including phenoxy) is 1. The van der Waals surface area contributed by atoms with Crippen LogP contribution in [0.3, 0.4) is 0 Å². The Morgan fingerprint density at radius 3 is 2.95 bits per heavy atom. The first-order chi connectivity index (χ1) is 9.51. The first-order valence-corrected chi connectivity index (χ1v) is 6.32. The summed E-state index contributed by atoms with van der Waals surface area (Å²) in [5.74, 6) is -1.16. The zero-order valence-corrected chi connectivity index (χ0v) is 11.9. The molecule has 1 atom stereocenters. The molecule has 0 radical (unpaired) electrons. The largest absolute Gasteiger partial charge is 0.389 e. The molecular formula is C13H20FN3O3. The minimum absolute atomic E-state index is 0.0455. The van der Waals surface area contributed by atoms with E-state index in [1.165, 1.54) is 31.3 Å². The van der Waals surface area contributed by atoms with Crippen molar-refractivity contribution in [2.75, 3.05) is 39.2 Å². The molecule has 0 saturated carbocycles. The molecule has 0 aliphatic heterocycles. The Balaban J connectivity index is 2.83. The Labute approximate surface area is 117 Å². The molecule has 0 bridgehead atoms. The minimum atomic E-state index is -0.813. The van der Waals surface area contributed by atoms with Crippen LogP contribution >= 0.6 is 0 Å². The normalized spacial score (nSPS) is 12.1. The highest BCUT2D eigenvalue weighted by molar-refractivity contribution is 5.95. The van der Waals surface area contributed by atoms with Crippen molar-refractivity contribution in [3.8, 4) is 0 Å². The van der Waals surface area contributed by atoms with Gasteiger partial charge in [-0.3, -0.25) is 4.79 Å². The van der Waals surface area contributed by atoms with Crippen molar-refractivity contribution in [3.05, 3.63) is 23.6 Å². The number of rotatable bonds is 7. The number of likely N-dealkylation sites (N-methyl/N-ethyl adjacent to an activating group) is 1. The lowest BCUT2D eigenvalue weighted by Crippen LogP contribution is -2.36. The van der Waals surface area contributed by atoms with Crippen LogP contribution in [0.15, 0.2) is 12.3 Å². The number of hydrogen-bond acceptors (Lipinski definition) is 5. The van der Waals surface area contributed by atoms with Crippen molar-refractivity contribution in [3.63, 3.8) is 0 Å². The van der Waals surface area contributed by atoms with Crippen molar-refractivity contribution >= 4 is 11.7 Å². The first-order valence-electron chi connectivity index (χ1n) is 6.32. The Morgan fingerprint density at radius 1 is 1.65 bits per heavy atom. The van der Waals surface area contributed by atoms with Gasteiger partial charge in [-0.25, -0.2) is 9.37 Å². The van der Waals surface area contributed by atoms with Gasteiger partial charge in [0.05, 0.1) is 18.3 Å². The monoisotopic (exact) mass is 285 g/mol. The summed E-state index contributed by atoms with van der Waals surface area (Å²) in [5.41, 5.74) is -0.0805. The molecule has 20 heavy (non-hydrogen) atoms. The maximum Gasteiger partial charge on any atom is 0.256 e. The van der Waals surface area contributed by atoms with E-state index in [0.29, 0.717) is 6.54 Å². The molecule has 0 fully saturated rings. The number of nitrogens with one attached hydrogen (secondary N) is 1. The number of anilines is 1. The summed E-state index contributed by atoms with van der Waals surface area (Å²) in [4.78, 5) is 17.2. The molecule has 0 saturated heterocycles. The van der Waals surface area contributed by atoms with E-state index < -0.39 is 17.8 Å². The molecule has 1 rings (SSSR count). The lowest BCUT2D eigenvalue weighted by molar-refractivity contribution is 0.0378. The Kier molecular flexibility index (Phi) is 6.33. The number of hydrogen-bond donors (Lipinski definition) is 2. The molecule has 1 amide bonds. The maximum absolute atomic E-state index is 14.1. The smallest absolute Gasteiger partial charge is 0.256 e. The fraction of sp³-hybridized carbons (Fsp3) is 0.538. The molecule has 0 aliphatic rings. The number of aliphatic hydroxyl groups is 1. The lowest BCUT2D eigenvalue weighted by atomic mass is 10.2. The van der Waals surface area contributed by atoms with Crippen LogP contribution in [0, 0.1) is 5.82 Å². The third kappa shape index (κ3) is 4.14. The second kappa shape index (κ2) is 7.76. The summed E-state index contributed by atoms with van der Waals surface area (Å²) < 4.78 is 18.9. The number of amides is 1. The van der Waals surface area contributed by atoms with Gasteiger partial charge >= 0.3 is 0 Å². The van der Waals surface area contributed by atoms with E-state index in [-0.39, 0.29) is 24.5 Å². The summed E-state index contributed by atoms with van der Waals surface area (Å²) in [5, 5.41) is 12.3. The quantitative estimate of drug-likeness (QED) is 0.772. The van der Waals surface area contributed by atoms with Crippen LogP contribution in [0.25, 0.3) is 0 Å². The highest BCUT2D eigenvalue weighted by Gasteiger charge is 2.20. The van der Waals surface area contributed by atoms with Crippen molar-refractivity contribution in [2.45, 2.75) is 13.0 Å². The topological polar surface area (TPSA) is 74.7 Å². The molecule has 0 spiro atoms. The van der Waals surface area contributed by atoms with Gasteiger partial charge in [-0.2, -0.15) is 0 Å². The average molecular weight is 285 g/mol. The van der Waals surface area contributed by atoms with E-state index in [4.69, 9.17) is 4.74 Å². The van der Waals surface area contributed by atoms with Gasteiger partial charge in [-0.1, -0.05) is 0 Å².